The number of hydrogen-bond acceptors (Lipinski definition) is 5. The van der Waals surface area contributed by atoms with Gasteiger partial charge in [-0.1, -0.05) is 0 Å². The maximum Gasteiger partial charge on any atom is 0.273 e. The third-order valence-corrected chi connectivity index (χ3v) is 6.43. The Hall–Kier alpha value is -2.28. The van der Waals surface area contributed by atoms with Crippen molar-refractivity contribution in [1.82, 2.24) is 19.8 Å². The molecule has 0 saturated carbocycles. The standard InChI is InChI=1S/C20H24N4O2S/c1-15-22-17(12-27-15)19(26)23-10-2-6-20(13-23)7-3-18(25)24(14-20)11-16-4-8-21-9-5-16/h4-5,8-9,12H,2-3,6-7,10-11,13-14H2,1H3/t20-/m0/s1. The molecule has 2 saturated heterocycles. The van der Waals surface area contributed by atoms with Crippen LogP contribution in [0.5, 0.6) is 0 Å². The Morgan fingerprint density at radius 1 is 1.26 bits per heavy atom. The lowest BCUT2D eigenvalue weighted by molar-refractivity contribution is -0.139. The number of pyridine rings is 1. The highest BCUT2D eigenvalue weighted by atomic mass is 32.1. The molecule has 2 aliphatic rings. The average molecular weight is 385 g/mol. The van der Waals surface area contributed by atoms with Gasteiger partial charge in [-0.2, -0.15) is 0 Å². The van der Waals surface area contributed by atoms with Gasteiger partial charge in [0.15, 0.2) is 0 Å². The number of likely N-dealkylation sites (tertiary alicyclic amines) is 2. The number of hydrogen-bond donors (Lipinski definition) is 0. The largest absolute Gasteiger partial charge is 0.338 e. The van der Waals surface area contributed by atoms with Gasteiger partial charge in [-0.15, -0.1) is 11.3 Å². The fraction of sp³-hybridized carbons (Fsp3) is 0.500. The van der Waals surface area contributed by atoms with Crippen molar-refractivity contribution in [2.75, 3.05) is 19.6 Å². The Morgan fingerprint density at radius 3 is 2.81 bits per heavy atom. The summed E-state index contributed by atoms with van der Waals surface area (Å²) in [6.45, 7) is 4.73. The van der Waals surface area contributed by atoms with E-state index < -0.39 is 0 Å². The van der Waals surface area contributed by atoms with Gasteiger partial charge >= 0.3 is 0 Å². The quantitative estimate of drug-likeness (QED) is 0.816. The first kappa shape index (κ1) is 18.1. The van der Waals surface area contributed by atoms with Crippen LogP contribution in [0.3, 0.4) is 0 Å². The van der Waals surface area contributed by atoms with Crippen LogP contribution in [-0.2, 0) is 11.3 Å². The van der Waals surface area contributed by atoms with Crippen molar-refractivity contribution >= 4 is 23.2 Å². The minimum Gasteiger partial charge on any atom is -0.338 e. The molecule has 0 aliphatic carbocycles. The van der Waals surface area contributed by atoms with E-state index in [4.69, 9.17) is 0 Å². The minimum atomic E-state index is -0.0000829. The van der Waals surface area contributed by atoms with Crippen LogP contribution in [0.25, 0.3) is 0 Å². The number of nitrogens with zero attached hydrogens (tertiary/aromatic N) is 4. The maximum absolute atomic E-state index is 12.9. The number of piperidine rings is 2. The highest BCUT2D eigenvalue weighted by Gasteiger charge is 2.43. The number of carbonyl (C=O) groups is 2. The van der Waals surface area contributed by atoms with Crippen LogP contribution in [0.2, 0.25) is 0 Å². The topological polar surface area (TPSA) is 66.4 Å². The Morgan fingerprint density at radius 2 is 2.07 bits per heavy atom. The summed E-state index contributed by atoms with van der Waals surface area (Å²) in [5.41, 5.74) is 1.65. The highest BCUT2D eigenvalue weighted by Crippen LogP contribution is 2.39. The summed E-state index contributed by atoms with van der Waals surface area (Å²) >= 11 is 1.51. The molecule has 0 radical (unpaired) electrons. The second kappa shape index (κ2) is 7.38. The number of rotatable bonds is 3. The lowest BCUT2D eigenvalue weighted by Crippen LogP contribution is -2.54. The molecule has 6 nitrogen and oxygen atoms in total. The van der Waals surface area contributed by atoms with E-state index in [0.29, 0.717) is 31.7 Å². The van der Waals surface area contributed by atoms with Crippen molar-refractivity contribution < 1.29 is 9.59 Å². The SMILES string of the molecule is Cc1nc(C(=O)N2CCC[C@]3(CCC(=O)N(Cc4ccncc4)C3)C2)cs1. The van der Waals surface area contributed by atoms with E-state index in [9.17, 15) is 9.59 Å². The second-order valence-corrected chi connectivity index (χ2v) is 8.75. The summed E-state index contributed by atoms with van der Waals surface area (Å²) in [6.07, 6.45) is 6.98. The normalized spacial score (nSPS) is 23.1. The van der Waals surface area contributed by atoms with Crippen LogP contribution in [0.4, 0.5) is 0 Å². The van der Waals surface area contributed by atoms with E-state index in [0.717, 1.165) is 36.4 Å². The number of aryl methyl sites for hydroxylation is 1. The Bertz CT molecular complexity index is 838. The lowest BCUT2D eigenvalue weighted by Gasteiger charge is -2.48. The van der Waals surface area contributed by atoms with Gasteiger partial charge in [0, 0.05) is 55.8 Å². The number of carbonyl (C=O) groups excluding carboxylic acids is 2. The third kappa shape index (κ3) is 3.88. The molecule has 2 aromatic rings. The van der Waals surface area contributed by atoms with Crippen LogP contribution in [0.1, 0.15) is 46.7 Å². The molecule has 0 N–H and O–H groups in total. The predicted molar refractivity (Wildman–Crippen MR) is 103 cm³/mol. The van der Waals surface area contributed by atoms with E-state index >= 15 is 0 Å². The summed E-state index contributed by atoms with van der Waals surface area (Å²) in [5.74, 6) is 0.229. The molecule has 0 unspecified atom stereocenters. The monoisotopic (exact) mass is 384 g/mol. The smallest absolute Gasteiger partial charge is 0.273 e. The Kier molecular flexibility index (Phi) is 4.95. The molecule has 0 bridgehead atoms. The second-order valence-electron chi connectivity index (χ2n) is 7.69. The molecule has 27 heavy (non-hydrogen) atoms. The van der Waals surface area contributed by atoms with Crippen LogP contribution in [0, 0.1) is 12.3 Å². The summed E-state index contributed by atoms with van der Waals surface area (Å²) in [4.78, 5) is 37.7. The van der Waals surface area contributed by atoms with Crippen LogP contribution in [0.15, 0.2) is 29.9 Å². The summed E-state index contributed by atoms with van der Waals surface area (Å²) in [6, 6.07) is 3.91. The zero-order valence-corrected chi connectivity index (χ0v) is 16.4. The third-order valence-electron chi connectivity index (χ3n) is 5.66. The van der Waals surface area contributed by atoms with Gasteiger partial charge < -0.3 is 9.80 Å². The number of amides is 2. The highest BCUT2D eigenvalue weighted by molar-refractivity contribution is 7.09. The summed E-state index contributed by atoms with van der Waals surface area (Å²) < 4.78 is 0. The van der Waals surface area contributed by atoms with Crippen molar-refractivity contribution in [3.05, 3.63) is 46.2 Å². The number of aromatic nitrogens is 2. The van der Waals surface area contributed by atoms with Gasteiger partial charge in [-0.05, 0) is 43.9 Å². The molecule has 1 spiro atoms. The van der Waals surface area contributed by atoms with Crippen molar-refractivity contribution in [2.45, 2.75) is 39.2 Å². The van der Waals surface area contributed by atoms with E-state index in [1.54, 1.807) is 12.4 Å². The summed E-state index contributed by atoms with van der Waals surface area (Å²) in [5, 5.41) is 2.76. The molecule has 2 aliphatic heterocycles. The minimum absolute atomic E-state index is 0.0000829. The van der Waals surface area contributed by atoms with Gasteiger partial charge in [-0.3, -0.25) is 14.6 Å². The first-order valence-corrected chi connectivity index (χ1v) is 10.3. The molecule has 1 atom stereocenters. The molecular formula is C20H24N4O2S. The molecular weight excluding hydrogens is 360 g/mol. The van der Waals surface area contributed by atoms with Gasteiger partial charge in [-0.25, -0.2) is 4.98 Å². The van der Waals surface area contributed by atoms with Gasteiger partial charge in [0.1, 0.15) is 5.69 Å². The molecule has 7 heteroatoms. The van der Waals surface area contributed by atoms with Crippen LogP contribution in [-0.4, -0.2) is 51.2 Å². The van der Waals surface area contributed by atoms with Crippen LogP contribution < -0.4 is 0 Å². The molecule has 0 aromatic carbocycles. The molecule has 4 heterocycles. The van der Waals surface area contributed by atoms with Gasteiger partial charge in [0.2, 0.25) is 5.91 Å². The Balaban J connectivity index is 1.48. The van der Waals surface area contributed by atoms with Crippen molar-refractivity contribution in [1.29, 1.82) is 0 Å². The van der Waals surface area contributed by atoms with E-state index in [2.05, 4.69) is 9.97 Å². The maximum atomic E-state index is 12.9. The fourth-order valence-electron chi connectivity index (χ4n) is 4.29. The fourth-order valence-corrected chi connectivity index (χ4v) is 4.88. The van der Waals surface area contributed by atoms with Gasteiger partial charge in [0.25, 0.3) is 5.91 Å². The zero-order chi connectivity index (χ0) is 18.9. The first-order chi connectivity index (χ1) is 13.0. The summed E-state index contributed by atoms with van der Waals surface area (Å²) in [7, 11) is 0. The van der Waals surface area contributed by atoms with E-state index in [1.165, 1.54) is 11.3 Å². The molecule has 2 aromatic heterocycles. The molecule has 142 valence electrons. The van der Waals surface area contributed by atoms with Gasteiger partial charge in [0.05, 0.1) is 5.01 Å². The molecule has 2 amide bonds. The zero-order valence-electron chi connectivity index (χ0n) is 15.6. The average Bonchev–Trinajstić information content (AvgIpc) is 3.12. The lowest BCUT2D eigenvalue weighted by atomic mass is 9.73. The van der Waals surface area contributed by atoms with Crippen molar-refractivity contribution in [2.24, 2.45) is 5.41 Å². The van der Waals surface area contributed by atoms with Crippen LogP contribution >= 0.6 is 11.3 Å². The molecule has 4 rings (SSSR count). The van der Waals surface area contributed by atoms with Crippen molar-refractivity contribution in [3.63, 3.8) is 0 Å². The van der Waals surface area contributed by atoms with E-state index in [-0.39, 0.29) is 17.2 Å². The Labute approximate surface area is 163 Å². The predicted octanol–water partition coefficient (Wildman–Crippen LogP) is 2.89. The van der Waals surface area contributed by atoms with E-state index in [1.807, 2.05) is 34.2 Å². The molecule has 2 fully saturated rings. The van der Waals surface area contributed by atoms with Crippen molar-refractivity contribution in [3.8, 4) is 0 Å². The first-order valence-electron chi connectivity index (χ1n) is 9.43. The number of thiazole rings is 1.